The fourth-order valence-electron chi connectivity index (χ4n) is 1.80. The zero-order valence-corrected chi connectivity index (χ0v) is 12.3. The summed E-state index contributed by atoms with van der Waals surface area (Å²) < 4.78 is 5.39. The Morgan fingerprint density at radius 3 is 2.44 bits per heavy atom. The minimum absolute atomic E-state index is 0.160. The summed E-state index contributed by atoms with van der Waals surface area (Å²) in [4.78, 5) is 0. The molecule has 3 heteroatoms. The zero-order valence-electron chi connectivity index (χ0n) is 12.3. The topological polar surface area (TPSA) is 33.3 Å². The van der Waals surface area contributed by atoms with Crippen molar-refractivity contribution in [1.29, 1.82) is 0 Å². The van der Waals surface area contributed by atoms with Crippen LogP contribution in [0.25, 0.3) is 0 Å². The molecule has 2 N–H and O–H groups in total. The van der Waals surface area contributed by atoms with E-state index in [1.807, 2.05) is 13.1 Å². The molecule has 0 saturated heterocycles. The highest BCUT2D eigenvalue weighted by Crippen LogP contribution is 2.31. The number of hydrogen-bond acceptors (Lipinski definition) is 3. The number of nitrogens with one attached hydrogen (secondary N) is 2. The summed E-state index contributed by atoms with van der Waals surface area (Å²) in [5.41, 5.74) is 2.56. The van der Waals surface area contributed by atoms with Crippen molar-refractivity contribution in [2.75, 3.05) is 32.6 Å². The molecule has 0 atom stereocenters. The monoisotopic (exact) mass is 250 g/mol. The highest BCUT2D eigenvalue weighted by Gasteiger charge is 2.15. The fraction of sp³-hybridized carbons (Fsp3) is 0.600. The van der Waals surface area contributed by atoms with E-state index in [9.17, 15) is 0 Å². The van der Waals surface area contributed by atoms with E-state index < -0.39 is 0 Å². The van der Waals surface area contributed by atoms with Crippen LogP contribution in [0.15, 0.2) is 18.2 Å². The van der Waals surface area contributed by atoms with Gasteiger partial charge in [-0.25, -0.2) is 0 Å². The molecule has 0 saturated carbocycles. The van der Waals surface area contributed by atoms with Crippen LogP contribution < -0.4 is 15.4 Å². The molecule has 0 radical (unpaired) electrons. The molecule has 0 aliphatic heterocycles. The summed E-state index contributed by atoms with van der Waals surface area (Å²) in [6.07, 6.45) is 1.10. The lowest BCUT2D eigenvalue weighted by Gasteiger charge is -2.21. The molecule has 0 aliphatic rings. The summed E-state index contributed by atoms with van der Waals surface area (Å²) in [5.74, 6) is 0.910. The van der Waals surface area contributed by atoms with Gasteiger partial charge in [-0.1, -0.05) is 26.8 Å². The van der Waals surface area contributed by atoms with Gasteiger partial charge in [0, 0.05) is 6.54 Å². The van der Waals surface area contributed by atoms with E-state index in [2.05, 4.69) is 43.5 Å². The smallest absolute Gasteiger partial charge is 0.141 e. The molecule has 1 rings (SSSR count). The van der Waals surface area contributed by atoms with Crippen molar-refractivity contribution in [3.8, 4) is 5.75 Å². The second kappa shape index (κ2) is 6.64. The van der Waals surface area contributed by atoms with Gasteiger partial charge in [0.1, 0.15) is 5.75 Å². The first kappa shape index (κ1) is 14.8. The van der Waals surface area contributed by atoms with Crippen molar-refractivity contribution in [2.24, 2.45) is 0 Å². The Morgan fingerprint density at radius 2 is 1.89 bits per heavy atom. The molecule has 18 heavy (non-hydrogen) atoms. The van der Waals surface area contributed by atoms with Gasteiger partial charge in [0.25, 0.3) is 0 Å². The molecule has 0 bridgehead atoms. The summed E-state index contributed by atoms with van der Waals surface area (Å²) >= 11 is 0. The zero-order chi connectivity index (χ0) is 13.6. The maximum absolute atomic E-state index is 5.39. The fourth-order valence-corrected chi connectivity index (χ4v) is 1.80. The molecule has 3 nitrogen and oxygen atoms in total. The van der Waals surface area contributed by atoms with Gasteiger partial charge in [0.05, 0.1) is 12.8 Å². The summed E-state index contributed by atoms with van der Waals surface area (Å²) in [7, 11) is 3.69. The SMILES string of the molecule is CNCCCNc1cc(C(C)(C)C)ccc1OC. The van der Waals surface area contributed by atoms with Gasteiger partial charge in [-0.15, -0.1) is 0 Å². The Morgan fingerprint density at radius 1 is 1.17 bits per heavy atom. The van der Waals surface area contributed by atoms with Crippen LogP contribution in [-0.4, -0.2) is 27.2 Å². The van der Waals surface area contributed by atoms with Gasteiger partial charge in [0.15, 0.2) is 0 Å². The van der Waals surface area contributed by atoms with E-state index in [1.54, 1.807) is 7.11 Å². The Labute approximate surface area is 111 Å². The molecular weight excluding hydrogens is 224 g/mol. The Balaban J connectivity index is 2.79. The van der Waals surface area contributed by atoms with Gasteiger partial charge in [0.2, 0.25) is 0 Å². The number of ether oxygens (including phenoxy) is 1. The van der Waals surface area contributed by atoms with Crippen LogP contribution >= 0.6 is 0 Å². The molecule has 1 aromatic carbocycles. The Hall–Kier alpha value is -1.22. The predicted molar refractivity (Wildman–Crippen MR) is 78.7 cm³/mol. The van der Waals surface area contributed by atoms with Crippen LogP contribution in [0.2, 0.25) is 0 Å². The van der Waals surface area contributed by atoms with Gasteiger partial charge in [-0.2, -0.15) is 0 Å². The Bertz CT molecular complexity index is 369. The van der Waals surface area contributed by atoms with Crippen molar-refractivity contribution in [3.05, 3.63) is 23.8 Å². The quantitative estimate of drug-likeness (QED) is 0.761. The first-order valence-corrected chi connectivity index (χ1v) is 6.56. The van der Waals surface area contributed by atoms with Gasteiger partial charge >= 0.3 is 0 Å². The van der Waals surface area contributed by atoms with Gasteiger partial charge in [-0.05, 0) is 43.1 Å². The molecule has 0 aliphatic carbocycles. The van der Waals surface area contributed by atoms with Crippen LogP contribution in [0, 0.1) is 0 Å². The average molecular weight is 250 g/mol. The average Bonchev–Trinajstić information content (AvgIpc) is 2.33. The minimum Gasteiger partial charge on any atom is -0.495 e. The van der Waals surface area contributed by atoms with Crippen molar-refractivity contribution in [1.82, 2.24) is 5.32 Å². The van der Waals surface area contributed by atoms with Gasteiger partial charge < -0.3 is 15.4 Å². The lowest BCUT2D eigenvalue weighted by Crippen LogP contribution is -2.15. The third-order valence-electron chi connectivity index (χ3n) is 2.98. The van der Waals surface area contributed by atoms with Crippen LogP contribution in [-0.2, 0) is 5.41 Å². The number of hydrogen-bond donors (Lipinski definition) is 2. The van der Waals surface area contributed by atoms with Crippen molar-refractivity contribution in [2.45, 2.75) is 32.6 Å². The number of rotatable bonds is 6. The standard InChI is InChI=1S/C15H26N2O/c1-15(2,3)12-7-8-14(18-5)13(11-12)17-10-6-9-16-4/h7-8,11,16-17H,6,9-10H2,1-5H3. The number of benzene rings is 1. The van der Waals surface area contributed by atoms with Crippen molar-refractivity contribution >= 4 is 5.69 Å². The first-order valence-electron chi connectivity index (χ1n) is 6.56. The van der Waals surface area contributed by atoms with Gasteiger partial charge in [-0.3, -0.25) is 0 Å². The van der Waals surface area contributed by atoms with Crippen molar-refractivity contribution < 1.29 is 4.74 Å². The molecular formula is C15H26N2O. The second-order valence-electron chi connectivity index (χ2n) is 5.55. The second-order valence-corrected chi connectivity index (χ2v) is 5.55. The van der Waals surface area contributed by atoms with Crippen LogP contribution in [0.3, 0.4) is 0 Å². The van der Waals surface area contributed by atoms with Crippen LogP contribution in [0.1, 0.15) is 32.8 Å². The lowest BCUT2D eigenvalue weighted by molar-refractivity contribution is 0.416. The maximum Gasteiger partial charge on any atom is 0.141 e. The minimum atomic E-state index is 0.160. The normalized spacial score (nSPS) is 11.4. The first-order chi connectivity index (χ1) is 8.49. The van der Waals surface area contributed by atoms with E-state index in [0.717, 1.165) is 30.9 Å². The molecule has 0 unspecified atom stereocenters. The summed E-state index contributed by atoms with van der Waals surface area (Å²) in [6.45, 7) is 8.64. The van der Waals surface area contributed by atoms with E-state index >= 15 is 0 Å². The van der Waals surface area contributed by atoms with E-state index in [-0.39, 0.29) is 5.41 Å². The molecule has 102 valence electrons. The predicted octanol–water partition coefficient (Wildman–Crippen LogP) is 3.01. The Kier molecular flexibility index (Phi) is 5.48. The largest absolute Gasteiger partial charge is 0.495 e. The van der Waals surface area contributed by atoms with Crippen molar-refractivity contribution in [3.63, 3.8) is 0 Å². The van der Waals surface area contributed by atoms with E-state index in [4.69, 9.17) is 4.74 Å². The third kappa shape index (κ3) is 4.22. The van der Waals surface area contributed by atoms with E-state index in [1.165, 1.54) is 5.56 Å². The number of methoxy groups -OCH3 is 1. The molecule has 0 heterocycles. The molecule has 0 spiro atoms. The maximum atomic E-state index is 5.39. The van der Waals surface area contributed by atoms with Crippen LogP contribution in [0.4, 0.5) is 5.69 Å². The highest BCUT2D eigenvalue weighted by atomic mass is 16.5. The molecule has 1 aromatic rings. The van der Waals surface area contributed by atoms with E-state index in [0.29, 0.717) is 0 Å². The lowest BCUT2D eigenvalue weighted by atomic mass is 9.87. The molecule has 0 amide bonds. The molecule has 0 aromatic heterocycles. The summed E-state index contributed by atoms with van der Waals surface area (Å²) in [6, 6.07) is 6.37. The summed E-state index contributed by atoms with van der Waals surface area (Å²) in [5, 5.41) is 6.59. The van der Waals surface area contributed by atoms with Crippen LogP contribution in [0.5, 0.6) is 5.75 Å². The molecule has 0 fully saturated rings. The number of anilines is 1. The third-order valence-corrected chi connectivity index (χ3v) is 2.98. The highest BCUT2D eigenvalue weighted by molar-refractivity contribution is 5.59.